The molecule has 2 nitrogen and oxygen atoms in total. The summed E-state index contributed by atoms with van der Waals surface area (Å²) in [7, 11) is 0. The Morgan fingerprint density at radius 3 is 1.87 bits per heavy atom. The summed E-state index contributed by atoms with van der Waals surface area (Å²) in [5, 5.41) is 6.42. The zero-order valence-corrected chi connectivity index (χ0v) is 38.4. The molecule has 7 aromatic carbocycles. The molecule has 0 unspecified atom stereocenters. The lowest BCUT2D eigenvalue weighted by atomic mass is 9.81. The van der Waals surface area contributed by atoms with Crippen LogP contribution in [0.3, 0.4) is 0 Å². The van der Waals surface area contributed by atoms with Gasteiger partial charge in [0.15, 0.2) is 0 Å². The van der Waals surface area contributed by atoms with Crippen molar-refractivity contribution in [2.45, 2.75) is 81.1 Å². The molecule has 1 aliphatic carbocycles. The molecule has 1 aliphatic rings. The van der Waals surface area contributed by atoms with E-state index in [1.54, 1.807) is 11.3 Å². The molecular formula is C58H58N2S. The predicted molar refractivity (Wildman–Crippen MR) is 272 cm³/mol. The Bertz CT molecular complexity index is 3070. The second-order valence-corrected chi connectivity index (χ2v) is 17.3. The van der Waals surface area contributed by atoms with Crippen molar-refractivity contribution >= 4 is 83.2 Å². The lowest BCUT2D eigenvalue weighted by molar-refractivity contribution is 0.660. The summed E-state index contributed by atoms with van der Waals surface area (Å²) in [6, 6.07) is 48.5. The van der Waals surface area contributed by atoms with E-state index >= 15 is 0 Å². The topological polar surface area (TPSA) is 8.17 Å². The first-order chi connectivity index (χ1) is 29.7. The van der Waals surface area contributed by atoms with Crippen molar-refractivity contribution in [1.82, 2.24) is 4.57 Å². The van der Waals surface area contributed by atoms with E-state index in [0.29, 0.717) is 0 Å². The van der Waals surface area contributed by atoms with Crippen LogP contribution in [-0.4, -0.2) is 4.57 Å². The quantitative estimate of drug-likeness (QED) is 0.156. The highest BCUT2D eigenvalue weighted by Crippen LogP contribution is 2.54. The van der Waals surface area contributed by atoms with Crippen LogP contribution in [0.15, 0.2) is 140 Å². The lowest BCUT2D eigenvalue weighted by Gasteiger charge is -2.28. The number of thiophene rings is 1. The van der Waals surface area contributed by atoms with Gasteiger partial charge in [0, 0.05) is 59.2 Å². The van der Waals surface area contributed by atoms with E-state index < -0.39 is 0 Å². The Balaban J connectivity index is 0.00000125. The molecule has 3 heteroatoms. The van der Waals surface area contributed by atoms with Gasteiger partial charge < -0.3 is 9.47 Å². The molecule has 306 valence electrons. The molecule has 0 fully saturated rings. The molecule has 0 bridgehead atoms. The Labute approximate surface area is 367 Å². The van der Waals surface area contributed by atoms with Crippen molar-refractivity contribution in [3.8, 4) is 16.8 Å². The Morgan fingerprint density at radius 1 is 0.639 bits per heavy atom. The first-order valence-electron chi connectivity index (χ1n) is 22.1. The van der Waals surface area contributed by atoms with Gasteiger partial charge in [0.25, 0.3) is 0 Å². The predicted octanol–water partition coefficient (Wildman–Crippen LogP) is 17.8. The average Bonchev–Trinajstić information content (AvgIpc) is 3.88. The summed E-state index contributed by atoms with van der Waals surface area (Å²) in [5.74, 6) is 0. The van der Waals surface area contributed by atoms with Gasteiger partial charge in [0.05, 0.1) is 16.7 Å². The van der Waals surface area contributed by atoms with E-state index in [1.165, 1.54) is 97.7 Å². The second kappa shape index (κ2) is 16.7. The molecule has 0 radical (unpaired) electrons. The fourth-order valence-electron chi connectivity index (χ4n) is 9.47. The Hall–Kier alpha value is -6.16. The van der Waals surface area contributed by atoms with E-state index in [-0.39, 0.29) is 5.41 Å². The molecule has 0 aliphatic heterocycles. The minimum atomic E-state index is -0.252. The van der Waals surface area contributed by atoms with Crippen LogP contribution in [-0.2, 0) is 11.8 Å². The van der Waals surface area contributed by atoms with Crippen LogP contribution in [0.1, 0.15) is 93.6 Å². The van der Waals surface area contributed by atoms with Gasteiger partial charge in [-0.2, -0.15) is 0 Å². The molecule has 10 rings (SSSR count). The molecule has 0 atom stereocenters. The zero-order chi connectivity index (χ0) is 43.2. The van der Waals surface area contributed by atoms with Crippen molar-refractivity contribution < 1.29 is 0 Å². The van der Waals surface area contributed by atoms with Gasteiger partial charge in [-0.3, -0.25) is 0 Å². The van der Waals surface area contributed by atoms with Crippen molar-refractivity contribution in [2.24, 2.45) is 0 Å². The molecule has 2 heterocycles. The van der Waals surface area contributed by atoms with Gasteiger partial charge in [-0.05, 0) is 133 Å². The van der Waals surface area contributed by atoms with E-state index in [4.69, 9.17) is 0 Å². The van der Waals surface area contributed by atoms with E-state index in [2.05, 4.69) is 197 Å². The van der Waals surface area contributed by atoms with Crippen LogP contribution >= 0.6 is 11.3 Å². The van der Waals surface area contributed by atoms with Gasteiger partial charge in [-0.25, -0.2) is 0 Å². The third-order valence-electron chi connectivity index (χ3n) is 12.3. The van der Waals surface area contributed by atoms with Crippen LogP contribution in [0.5, 0.6) is 0 Å². The number of benzene rings is 7. The number of aryl methyl sites for hydroxylation is 3. The number of allylic oxidation sites excluding steroid dienone is 1. The first-order valence-corrected chi connectivity index (χ1v) is 23.0. The minimum absolute atomic E-state index is 0.252. The maximum absolute atomic E-state index is 4.14. The summed E-state index contributed by atoms with van der Waals surface area (Å²) in [6.07, 6.45) is 7.34. The van der Waals surface area contributed by atoms with Gasteiger partial charge in [-0.15, -0.1) is 11.3 Å². The molecule has 2 aromatic heterocycles. The highest BCUT2D eigenvalue weighted by atomic mass is 32.1. The van der Waals surface area contributed by atoms with E-state index in [0.717, 1.165) is 23.5 Å². The fourth-order valence-corrected chi connectivity index (χ4v) is 10.5. The molecule has 9 aromatic rings. The van der Waals surface area contributed by atoms with Gasteiger partial charge in [0.1, 0.15) is 0 Å². The van der Waals surface area contributed by atoms with Crippen LogP contribution in [0.2, 0.25) is 0 Å². The van der Waals surface area contributed by atoms with Crippen LogP contribution < -0.4 is 4.90 Å². The maximum atomic E-state index is 4.14. The SMILES string of the molecule is C=Cc1sc2ccc(N(c3ccc(CC)cc3)c3ccc4c(c3)C(C)(C)c3cc(-n5c6ccc(C)cc6c6cc(C)ccc65)c5ccccc5c3-4)cc2c1/C=C\C.CC.CC. The van der Waals surface area contributed by atoms with Crippen molar-refractivity contribution in [3.63, 3.8) is 0 Å². The third-order valence-corrected chi connectivity index (χ3v) is 13.5. The normalized spacial score (nSPS) is 12.6. The standard InChI is InChI=1S/C54H46N2S.2C2H6/c1-8-13-40-45-30-37(23-27-52(45)57-51(40)10-3)55(36-20-18-35(9-2)19-21-36)38-22-24-42-46(31-38)54(6,7)47-32-50(39-14-11-12-15-41(39)53(42)47)56-48-25-16-33(4)28-43(48)44-29-34(5)17-26-49(44)56;2*1-2/h8,10-32H,3,9H2,1-2,4-7H3;2*1-2H3/b13-8-;;. The molecule has 0 amide bonds. The third kappa shape index (κ3) is 6.80. The average molecular weight is 815 g/mol. The highest BCUT2D eigenvalue weighted by molar-refractivity contribution is 7.20. The Morgan fingerprint density at radius 2 is 1.25 bits per heavy atom. The number of hydrogen-bond donors (Lipinski definition) is 0. The molecule has 0 saturated carbocycles. The summed E-state index contributed by atoms with van der Waals surface area (Å²) in [6.45, 7) is 25.7. The number of anilines is 3. The summed E-state index contributed by atoms with van der Waals surface area (Å²) < 4.78 is 3.78. The Kier molecular flexibility index (Phi) is 11.4. The number of rotatable bonds is 7. The zero-order valence-electron chi connectivity index (χ0n) is 37.6. The van der Waals surface area contributed by atoms with Crippen LogP contribution in [0.25, 0.3) is 71.6 Å². The summed E-state index contributed by atoms with van der Waals surface area (Å²) >= 11 is 1.80. The monoisotopic (exact) mass is 814 g/mol. The van der Waals surface area contributed by atoms with Crippen molar-refractivity contribution in [2.75, 3.05) is 4.90 Å². The molecule has 61 heavy (non-hydrogen) atoms. The van der Waals surface area contributed by atoms with Crippen LogP contribution in [0.4, 0.5) is 17.1 Å². The van der Waals surface area contributed by atoms with E-state index in [1.807, 2.05) is 33.8 Å². The fraction of sp³-hybridized carbons (Fsp3) is 0.207. The molecule has 0 spiro atoms. The molecular weight excluding hydrogens is 757 g/mol. The van der Waals surface area contributed by atoms with Gasteiger partial charge >= 0.3 is 0 Å². The number of aromatic nitrogens is 1. The maximum Gasteiger partial charge on any atom is 0.0544 e. The summed E-state index contributed by atoms with van der Waals surface area (Å²) in [5.41, 5.74) is 17.4. The smallest absolute Gasteiger partial charge is 0.0544 e. The van der Waals surface area contributed by atoms with Crippen LogP contribution in [0, 0.1) is 13.8 Å². The molecule has 0 saturated heterocycles. The summed E-state index contributed by atoms with van der Waals surface area (Å²) in [4.78, 5) is 3.64. The second-order valence-electron chi connectivity index (χ2n) is 16.2. The number of fused-ring (bicyclic) bond motifs is 9. The minimum Gasteiger partial charge on any atom is -0.310 e. The first kappa shape index (κ1) is 41.6. The van der Waals surface area contributed by atoms with Gasteiger partial charge in [0.2, 0.25) is 0 Å². The number of hydrogen-bond acceptors (Lipinski definition) is 2. The van der Waals surface area contributed by atoms with Gasteiger partial charge in [-0.1, -0.05) is 139 Å². The van der Waals surface area contributed by atoms with E-state index in [9.17, 15) is 0 Å². The van der Waals surface area contributed by atoms with Crippen molar-refractivity contribution in [1.29, 1.82) is 0 Å². The molecule has 0 N–H and O–H groups in total. The largest absolute Gasteiger partial charge is 0.310 e. The van der Waals surface area contributed by atoms with Crippen molar-refractivity contribution in [3.05, 3.63) is 178 Å². The number of nitrogens with zero attached hydrogens (tertiary/aromatic N) is 2. The highest BCUT2D eigenvalue weighted by Gasteiger charge is 2.38. The lowest BCUT2D eigenvalue weighted by Crippen LogP contribution is -2.17.